The molecule has 0 bridgehead atoms. The number of nitrogens with one attached hydrogen (secondary N) is 1. The Kier molecular flexibility index (Phi) is 3.45. The molecule has 0 spiro atoms. The van der Waals surface area contributed by atoms with Crippen LogP contribution in [0.15, 0.2) is 18.6 Å². The van der Waals surface area contributed by atoms with Crippen molar-refractivity contribution in [2.45, 2.75) is 18.9 Å². The van der Waals surface area contributed by atoms with Crippen LogP contribution in [-0.4, -0.2) is 63.7 Å². The van der Waals surface area contributed by atoms with Crippen molar-refractivity contribution >= 4 is 22.8 Å². The number of anilines is 1. The Bertz CT molecular complexity index is 716. The first-order valence-corrected chi connectivity index (χ1v) is 8.07. The van der Waals surface area contributed by atoms with E-state index in [0.29, 0.717) is 17.9 Å². The summed E-state index contributed by atoms with van der Waals surface area (Å²) in [6, 6.07) is 2.45. The molecule has 1 saturated carbocycles. The van der Waals surface area contributed by atoms with Crippen LogP contribution in [0.5, 0.6) is 0 Å². The van der Waals surface area contributed by atoms with Crippen LogP contribution < -0.4 is 4.90 Å². The Labute approximate surface area is 134 Å². The smallest absolute Gasteiger partial charge is 0.248 e. The Morgan fingerprint density at radius 3 is 2.83 bits per heavy atom. The molecule has 2 aromatic rings. The number of likely N-dealkylation sites (tertiary alicyclic amines) is 1. The molecule has 23 heavy (non-hydrogen) atoms. The van der Waals surface area contributed by atoms with Gasteiger partial charge in [0.15, 0.2) is 0 Å². The minimum absolute atomic E-state index is 0.144. The zero-order valence-corrected chi connectivity index (χ0v) is 13.1. The topological polar surface area (TPSA) is 85.4 Å². The molecule has 2 N–H and O–H groups in total. The highest BCUT2D eigenvalue weighted by Gasteiger charge is 2.43. The molecule has 2 fully saturated rings. The fourth-order valence-electron chi connectivity index (χ4n) is 4.20. The maximum atomic E-state index is 11.6. The predicted molar refractivity (Wildman–Crippen MR) is 86.0 cm³/mol. The Hall–Kier alpha value is -2.15. The monoisotopic (exact) mass is 315 g/mol. The summed E-state index contributed by atoms with van der Waals surface area (Å²) in [6.07, 6.45) is 5.61. The van der Waals surface area contributed by atoms with E-state index in [4.69, 9.17) is 5.11 Å². The summed E-state index contributed by atoms with van der Waals surface area (Å²) in [5.41, 5.74) is 0.861. The molecule has 122 valence electrons. The van der Waals surface area contributed by atoms with Gasteiger partial charge in [-0.3, -0.25) is 4.79 Å². The first-order chi connectivity index (χ1) is 11.2. The molecule has 3 atom stereocenters. The van der Waals surface area contributed by atoms with Gasteiger partial charge in [-0.1, -0.05) is 0 Å². The minimum Gasteiger partial charge on any atom is -0.387 e. The van der Waals surface area contributed by atoms with Crippen LogP contribution in [0.2, 0.25) is 0 Å². The van der Waals surface area contributed by atoms with E-state index in [1.807, 2.05) is 12.3 Å². The van der Waals surface area contributed by atoms with Crippen LogP contribution in [0, 0.1) is 11.8 Å². The molecule has 7 nitrogen and oxygen atoms in total. The van der Waals surface area contributed by atoms with E-state index in [1.165, 1.54) is 0 Å². The number of hydrogen-bond acceptors (Lipinski definition) is 5. The van der Waals surface area contributed by atoms with Crippen molar-refractivity contribution in [1.29, 1.82) is 0 Å². The second kappa shape index (κ2) is 5.49. The lowest BCUT2D eigenvalue weighted by Gasteiger charge is -2.27. The number of nitrogens with zero attached hydrogens (tertiary/aromatic N) is 4. The predicted octanol–water partition coefficient (Wildman–Crippen LogP) is 0.623. The van der Waals surface area contributed by atoms with E-state index in [0.717, 1.165) is 42.8 Å². The highest BCUT2D eigenvalue weighted by molar-refractivity contribution is 5.87. The molecular formula is C16H21N5O2. The molecule has 3 heterocycles. The van der Waals surface area contributed by atoms with Crippen molar-refractivity contribution in [3.05, 3.63) is 18.6 Å². The van der Waals surface area contributed by atoms with Crippen molar-refractivity contribution in [2.24, 2.45) is 11.8 Å². The van der Waals surface area contributed by atoms with E-state index in [9.17, 15) is 4.79 Å². The number of aromatic nitrogens is 3. The molecule has 0 aromatic carbocycles. The van der Waals surface area contributed by atoms with E-state index in [1.54, 1.807) is 11.2 Å². The zero-order chi connectivity index (χ0) is 16.0. The van der Waals surface area contributed by atoms with Crippen molar-refractivity contribution in [1.82, 2.24) is 19.9 Å². The standard InChI is InChI=1S/C16H21N5O2/c1-20(16-13-2-3-17-15(13)18-9-19-16)12-4-10-6-21(14(23)8-22)7-11(10)5-12/h2-3,9-12,22H,4-8H2,1H3,(H,17,18,19)/t10-,11+,12?. The maximum absolute atomic E-state index is 11.6. The number of fused-ring (bicyclic) bond motifs is 2. The van der Waals surface area contributed by atoms with Gasteiger partial charge in [0.2, 0.25) is 5.91 Å². The summed E-state index contributed by atoms with van der Waals surface area (Å²) in [6.45, 7) is 1.17. The van der Waals surface area contributed by atoms with Gasteiger partial charge in [0.25, 0.3) is 0 Å². The number of carbonyl (C=O) groups is 1. The molecule has 1 amide bonds. The first kappa shape index (κ1) is 14.4. The third kappa shape index (κ3) is 2.35. The molecule has 4 rings (SSSR count). The number of carbonyl (C=O) groups excluding carboxylic acids is 1. The summed E-state index contributed by atoms with van der Waals surface area (Å²) in [5, 5.41) is 10.1. The van der Waals surface area contributed by atoms with Gasteiger partial charge in [0.05, 0.1) is 5.39 Å². The van der Waals surface area contributed by atoms with Gasteiger partial charge in [0.1, 0.15) is 24.4 Å². The average Bonchev–Trinajstić information content (AvgIpc) is 3.26. The summed E-state index contributed by atoms with van der Waals surface area (Å²) < 4.78 is 0. The number of hydrogen-bond donors (Lipinski definition) is 2. The van der Waals surface area contributed by atoms with E-state index in [-0.39, 0.29) is 12.5 Å². The van der Waals surface area contributed by atoms with Crippen LogP contribution in [0.1, 0.15) is 12.8 Å². The lowest BCUT2D eigenvalue weighted by atomic mass is 10.0. The average molecular weight is 315 g/mol. The number of rotatable bonds is 3. The second-order valence-corrected chi connectivity index (χ2v) is 6.65. The molecule has 7 heteroatoms. The lowest BCUT2D eigenvalue weighted by molar-refractivity contribution is -0.133. The first-order valence-electron chi connectivity index (χ1n) is 8.07. The third-order valence-electron chi connectivity index (χ3n) is 5.43. The van der Waals surface area contributed by atoms with Crippen LogP contribution in [0.25, 0.3) is 11.0 Å². The molecule has 1 aliphatic carbocycles. The minimum atomic E-state index is -0.380. The van der Waals surface area contributed by atoms with Gasteiger partial charge in [-0.05, 0) is 30.7 Å². The zero-order valence-electron chi connectivity index (χ0n) is 13.1. The number of aromatic amines is 1. The molecule has 2 aliphatic rings. The maximum Gasteiger partial charge on any atom is 0.248 e. The largest absolute Gasteiger partial charge is 0.387 e. The highest BCUT2D eigenvalue weighted by atomic mass is 16.3. The van der Waals surface area contributed by atoms with Crippen molar-refractivity contribution in [2.75, 3.05) is 31.6 Å². The van der Waals surface area contributed by atoms with E-state index < -0.39 is 0 Å². The third-order valence-corrected chi connectivity index (χ3v) is 5.43. The van der Waals surface area contributed by atoms with Gasteiger partial charge >= 0.3 is 0 Å². The SMILES string of the molecule is CN(c1ncnc2[nH]ccc12)C1C[C@@H]2CN(C(=O)CO)C[C@@H]2C1. The molecule has 1 saturated heterocycles. The highest BCUT2D eigenvalue weighted by Crippen LogP contribution is 2.41. The summed E-state index contributed by atoms with van der Waals surface area (Å²) in [4.78, 5) is 27.5. The van der Waals surface area contributed by atoms with Crippen LogP contribution >= 0.6 is 0 Å². The molecule has 2 aromatic heterocycles. The van der Waals surface area contributed by atoms with E-state index in [2.05, 4.69) is 26.9 Å². The summed E-state index contributed by atoms with van der Waals surface area (Å²) >= 11 is 0. The fraction of sp³-hybridized carbons (Fsp3) is 0.562. The van der Waals surface area contributed by atoms with Crippen LogP contribution in [0.4, 0.5) is 5.82 Å². The number of aliphatic hydroxyl groups excluding tert-OH is 1. The Balaban J connectivity index is 1.49. The lowest BCUT2D eigenvalue weighted by Crippen LogP contribution is -2.35. The van der Waals surface area contributed by atoms with Gasteiger partial charge in [0, 0.05) is 32.4 Å². The molecular weight excluding hydrogens is 294 g/mol. The number of amides is 1. The number of H-pyrrole nitrogens is 1. The fourth-order valence-corrected chi connectivity index (χ4v) is 4.20. The summed E-state index contributed by atoms with van der Waals surface area (Å²) in [7, 11) is 2.09. The van der Waals surface area contributed by atoms with Crippen LogP contribution in [-0.2, 0) is 4.79 Å². The quantitative estimate of drug-likeness (QED) is 0.867. The Morgan fingerprint density at radius 2 is 2.13 bits per heavy atom. The van der Waals surface area contributed by atoms with Gasteiger partial charge in [-0.25, -0.2) is 9.97 Å². The van der Waals surface area contributed by atoms with Gasteiger partial charge in [-0.2, -0.15) is 0 Å². The van der Waals surface area contributed by atoms with Gasteiger partial charge in [-0.15, -0.1) is 0 Å². The Morgan fingerprint density at radius 1 is 1.39 bits per heavy atom. The molecule has 1 aliphatic heterocycles. The normalized spacial score (nSPS) is 26.7. The van der Waals surface area contributed by atoms with Crippen molar-refractivity contribution < 1.29 is 9.90 Å². The van der Waals surface area contributed by atoms with Crippen LogP contribution in [0.3, 0.4) is 0 Å². The van der Waals surface area contributed by atoms with Gasteiger partial charge < -0.3 is 19.9 Å². The van der Waals surface area contributed by atoms with Crippen molar-refractivity contribution in [3.63, 3.8) is 0 Å². The molecule has 1 unspecified atom stereocenters. The van der Waals surface area contributed by atoms with E-state index >= 15 is 0 Å². The second-order valence-electron chi connectivity index (χ2n) is 6.65. The number of aliphatic hydroxyl groups is 1. The van der Waals surface area contributed by atoms with Crippen molar-refractivity contribution in [3.8, 4) is 0 Å². The summed E-state index contributed by atoms with van der Waals surface area (Å²) in [5.74, 6) is 1.88. The molecule has 0 radical (unpaired) electrons.